The van der Waals surface area contributed by atoms with Crippen LogP contribution in [0.3, 0.4) is 0 Å². The largest absolute Gasteiger partial charge is 0.481 e. The molecule has 0 radical (unpaired) electrons. The van der Waals surface area contributed by atoms with Gasteiger partial charge in [-0.2, -0.15) is 0 Å². The van der Waals surface area contributed by atoms with Crippen molar-refractivity contribution in [2.75, 3.05) is 0 Å². The first kappa shape index (κ1) is 39.2. The van der Waals surface area contributed by atoms with Gasteiger partial charge in [-0.1, -0.05) is 181 Å². The van der Waals surface area contributed by atoms with E-state index in [0.29, 0.717) is 5.92 Å². The van der Waals surface area contributed by atoms with Crippen molar-refractivity contribution >= 4 is 5.97 Å². The minimum absolute atomic E-state index is 0.123. The van der Waals surface area contributed by atoms with Crippen LogP contribution in [-0.4, -0.2) is 11.1 Å². The van der Waals surface area contributed by atoms with Crippen molar-refractivity contribution < 1.29 is 9.90 Å². The molecule has 2 atom stereocenters. The molecule has 0 amide bonds. The van der Waals surface area contributed by atoms with E-state index in [-0.39, 0.29) is 5.92 Å². The quantitative estimate of drug-likeness (QED) is 0.0638. The van der Waals surface area contributed by atoms with Crippen LogP contribution in [-0.2, 0) is 4.79 Å². The number of carbonyl (C=O) groups is 1. The Morgan fingerprint density at radius 1 is 0.450 bits per heavy atom. The first-order valence-corrected chi connectivity index (χ1v) is 18.5. The van der Waals surface area contributed by atoms with Crippen molar-refractivity contribution in [3.63, 3.8) is 0 Å². The SMILES string of the molecule is CCCCCCCC/C=C\CCCCCCC(C(=O)O)C(CCCCCCCC)CCCCCCCCCCC. The lowest BCUT2D eigenvalue weighted by Crippen LogP contribution is -2.24. The molecular weight excluding hydrogens is 488 g/mol. The van der Waals surface area contributed by atoms with Crippen LogP contribution in [0.2, 0.25) is 0 Å². The fraction of sp³-hybridized carbons (Fsp3) is 0.921. The maximum absolute atomic E-state index is 12.3. The fourth-order valence-corrected chi connectivity index (χ4v) is 6.27. The first-order valence-electron chi connectivity index (χ1n) is 18.5. The molecule has 0 heterocycles. The molecule has 0 aromatic rings. The zero-order valence-corrected chi connectivity index (χ0v) is 27.9. The van der Waals surface area contributed by atoms with Gasteiger partial charge in [0.05, 0.1) is 5.92 Å². The summed E-state index contributed by atoms with van der Waals surface area (Å²) < 4.78 is 0. The van der Waals surface area contributed by atoms with Crippen molar-refractivity contribution in [2.24, 2.45) is 11.8 Å². The fourth-order valence-electron chi connectivity index (χ4n) is 6.27. The van der Waals surface area contributed by atoms with Crippen molar-refractivity contribution in [2.45, 2.75) is 213 Å². The second-order valence-corrected chi connectivity index (χ2v) is 12.9. The summed E-state index contributed by atoms with van der Waals surface area (Å²) >= 11 is 0. The van der Waals surface area contributed by atoms with Crippen LogP contribution in [0.4, 0.5) is 0 Å². The van der Waals surface area contributed by atoms with Crippen LogP contribution in [0.25, 0.3) is 0 Å². The number of unbranched alkanes of at least 4 members (excludes halogenated alkanes) is 23. The number of hydrogen-bond donors (Lipinski definition) is 1. The molecule has 40 heavy (non-hydrogen) atoms. The Morgan fingerprint density at radius 2 is 0.750 bits per heavy atom. The zero-order chi connectivity index (χ0) is 29.4. The Bertz CT molecular complexity index is 526. The third-order valence-electron chi connectivity index (χ3n) is 9.02. The van der Waals surface area contributed by atoms with Crippen molar-refractivity contribution in [1.29, 1.82) is 0 Å². The molecule has 0 spiro atoms. The second-order valence-electron chi connectivity index (χ2n) is 12.9. The molecule has 0 bridgehead atoms. The second kappa shape index (κ2) is 32.7. The van der Waals surface area contributed by atoms with Crippen molar-refractivity contribution in [3.8, 4) is 0 Å². The lowest BCUT2D eigenvalue weighted by atomic mass is 9.80. The molecule has 2 nitrogen and oxygen atoms in total. The molecular formula is C38H74O2. The van der Waals surface area contributed by atoms with E-state index in [1.165, 1.54) is 167 Å². The van der Waals surface area contributed by atoms with Gasteiger partial charge in [0, 0.05) is 0 Å². The topological polar surface area (TPSA) is 37.3 Å². The molecule has 0 saturated heterocycles. The number of rotatable bonds is 33. The highest BCUT2D eigenvalue weighted by Crippen LogP contribution is 2.30. The number of carboxylic acid groups (broad SMARTS) is 1. The predicted octanol–water partition coefficient (Wildman–Crippen LogP) is 13.6. The van der Waals surface area contributed by atoms with Gasteiger partial charge in [-0.3, -0.25) is 4.79 Å². The molecule has 0 aliphatic rings. The van der Waals surface area contributed by atoms with Crippen LogP contribution in [0.1, 0.15) is 213 Å². The third kappa shape index (κ3) is 27.4. The van der Waals surface area contributed by atoms with E-state index in [0.717, 1.165) is 25.7 Å². The van der Waals surface area contributed by atoms with Crippen molar-refractivity contribution in [1.82, 2.24) is 0 Å². The van der Waals surface area contributed by atoms with Crippen LogP contribution < -0.4 is 0 Å². The summed E-state index contributed by atoms with van der Waals surface area (Å²) in [6.45, 7) is 6.83. The maximum atomic E-state index is 12.3. The average molecular weight is 563 g/mol. The molecule has 0 saturated carbocycles. The van der Waals surface area contributed by atoms with E-state index in [1.54, 1.807) is 0 Å². The maximum Gasteiger partial charge on any atom is 0.306 e. The van der Waals surface area contributed by atoms with E-state index in [4.69, 9.17) is 0 Å². The normalized spacial score (nSPS) is 13.3. The summed E-state index contributed by atoms with van der Waals surface area (Å²) in [5, 5.41) is 10.2. The molecule has 0 rings (SSSR count). The summed E-state index contributed by atoms with van der Waals surface area (Å²) in [4.78, 5) is 12.3. The van der Waals surface area contributed by atoms with Gasteiger partial charge in [-0.15, -0.1) is 0 Å². The summed E-state index contributed by atoms with van der Waals surface area (Å²) in [7, 11) is 0. The van der Waals surface area contributed by atoms with Gasteiger partial charge in [0.25, 0.3) is 0 Å². The Balaban J connectivity index is 4.27. The Kier molecular flexibility index (Phi) is 32.1. The highest BCUT2D eigenvalue weighted by molar-refractivity contribution is 5.70. The standard InChI is InChI=1S/C38H74O2/c1-4-7-10-13-16-18-19-20-21-22-24-26-29-32-35-37(38(39)40)36(33-30-27-15-12-9-6-3)34-31-28-25-23-17-14-11-8-5-2/h20-21,36-37H,4-19,22-35H2,1-3H3,(H,39,40)/b21-20-. The lowest BCUT2D eigenvalue weighted by molar-refractivity contribution is -0.144. The predicted molar refractivity (Wildman–Crippen MR) is 179 cm³/mol. The molecule has 1 N–H and O–H groups in total. The van der Waals surface area contributed by atoms with E-state index in [2.05, 4.69) is 32.9 Å². The Labute approximate surface area is 253 Å². The van der Waals surface area contributed by atoms with Crippen molar-refractivity contribution in [3.05, 3.63) is 12.2 Å². The molecule has 0 aromatic carbocycles. The molecule has 0 aliphatic heterocycles. The number of allylic oxidation sites excluding steroid dienone is 2. The van der Waals surface area contributed by atoms with Gasteiger partial charge < -0.3 is 5.11 Å². The zero-order valence-electron chi connectivity index (χ0n) is 27.9. The van der Waals surface area contributed by atoms with Gasteiger partial charge in [-0.25, -0.2) is 0 Å². The smallest absolute Gasteiger partial charge is 0.306 e. The Morgan fingerprint density at radius 3 is 1.10 bits per heavy atom. The van der Waals surface area contributed by atoms with Crippen LogP contribution in [0.5, 0.6) is 0 Å². The minimum atomic E-state index is -0.524. The summed E-state index contributed by atoms with van der Waals surface area (Å²) in [6, 6.07) is 0. The summed E-state index contributed by atoms with van der Waals surface area (Å²) in [5.74, 6) is -0.260. The van der Waals surface area contributed by atoms with Gasteiger partial charge in [0.15, 0.2) is 0 Å². The minimum Gasteiger partial charge on any atom is -0.481 e. The molecule has 238 valence electrons. The average Bonchev–Trinajstić information content (AvgIpc) is 2.95. The monoisotopic (exact) mass is 563 g/mol. The first-order chi connectivity index (χ1) is 19.7. The molecule has 0 aromatic heterocycles. The van der Waals surface area contributed by atoms with E-state index >= 15 is 0 Å². The number of carboxylic acids is 1. The van der Waals surface area contributed by atoms with Gasteiger partial charge in [0.1, 0.15) is 0 Å². The highest BCUT2D eigenvalue weighted by Gasteiger charge is 2.26. The van der Waals surface area contributed by atoms with Crippen LogP contribution >= 0.6 is 0 Å². The Hall–Kier alpha value is -0.790. The highest BCUT2D eigenvalue weighted by atomic mass is 16.4. The molecule has 0 fully saturated rings. The summed E-state index contributed by atoms with van der Waals surface area (Å²) in [6.07, 6.45) is 43.3. The number of aliphatic carboxylic acids is 1. The number of hydrogen-bond acceptors (Lipinski definition) is 1. The molecule has 2 unspecified atom stereocenters. The van der Waals surface area contributed by atoms with Gasteiger partial charge in [-0.05, 0) is 50.9 Å². The van der Waals surface area contributed by atoms with Crippen LogP contribution in [0, 0.1) is 11.8 Å². The van der Waals surface area contributed by atoms with Crippen LogP contribution in [0.15, 0.2) is 12.2 Å². The van der Waals surface area contributed by atoms with Gasteiger partial charge >= 0.3 is 5.97 Å². The summed E-state index contributed by atoms with van der Waals surface area (Å²) in [5.41, 5.74) is 0. The van der Waals surface area contributed by atoms with E-state index in [9.17, 15) is 9.90 Å². The van der Waals surface area contributed by atoms with E-state index < -0.39 is 5.97 Å². The third-order valence-corrected chi connectivity index (χ3v) is 9.02. The molecule has 0 aliphatic carbocycles. The lowest BCUT2D eigenvalue weighted by Gasteiger charge is -2.24. The van der Waals surface area contributed by atoms with E-state index in [1.807, 2.05) is 0 Å². The molecule has 2 heteroatoms. The van der Waals surface area contributed by atoms with Gasteiger partial charge in [0.2, 0.25) is 0 Å².